The molecule has 90 valence electrons. The first-order valence-corrected chi connectivity index (χ1v) is 6.62. The zero-order chi connectivity index (χ0) is 12.3. The summed E-state index contributed by atoms with van der Waals surface area (Å²) in [7, 11) is 0. The molecule has 2 nitrogen and oxygen atoms in total. The van der Waals surface area contributed by atoms with Crippen LogP contribution in [0.3, 0.4) is 0 Å². The highest BCUT2D eigenvalue weighted by molar-refractivity contribution is 7.10. The quantitative estimate of drug-likeness (QED) is 0.894. The van der Waals surface area contributed by atoms with E-state index in [1.165, 1.54) is 10.4 Å². The van der Waals surface area contributed by atoms with Crippen molar-refractivity contribution < 1.29 is 4.74 Å². The molecule has 1 aromatic heterocycles. The minimum atomic E-state index is 0.184. The lowest BCUT2D eigenvalue weighted by Gasteiger charge is -2.13. The van der Waals surface area contributed by atoms with Crippen molar-refractivity contribution in [2.75, 3.05) is 0 Å². The number of hydrogen-bond acceptors (Lipinski definition) is 3. The molecule has 0 atom stereocenters. The number of para-hydroxylation sites is 1. The second kappa shape index (κ2) is 5.34. The van der Waals surface area contributed by atoms with Crippen LogP contribution in [0.5, 0.6) is 5.75 Å². The number of nitrogens with two attached hydrogens (primary N) is 1. The highest BCUT2D eigenvalue weighted by Gasteiger charge is 2.08. The Bertz CT molecular complexity index is 490. The molecule has 0 amide bonds. The van der Waals surface area contributed by atoms with Crippen LogP contribution in [0.1, 0.15) is 18.7 Å². The fourth-order valence-electron chi connectivity index (χ4n) is 1.69. The van der Waals surface area contributed by atoms with Crippen molar-refractivity contribution in [1.82, 2.24) is 0 Å². The fraction of sp³-hybridized carbons (Fsp3) is 0.286. The second-order valence-corrected chi connectivity index (χ2v) is 5.16. The molecule has 0 unspecified atom stereocenters. The van der Waals surface area contributed by atoms with Crippen LogP contribution in [-0.2, 0) is 6.54 Å². The van der Waals surface area contributed by atoms with Gasteiger partial charge in [-0.05, 0) is 36.9 Å². The van der Waals surface area contributed by atoms with Gasteiger partial charge in [0, 0.05) is 17.0 Å². The fourth-order valence-corrected chi connectivity index (χ4v) is 2.46. The van der Waals surface area contributed by atoms with Gasteiger partial charge in [-0.25, -0.2) is 0 Å². The summed E-state index contributed by atoms with van der Waals surface area (Å²) >= 11 is 1.69. The number of rotatable bonds is 4. The largest absolute Gasteiger partial charge is 0.490 e. The lowest BCUT2D eigenvalue weighted by atomic mass is 10.1. The second-order valence-electron chi connectivity index (χ2n) is 4.17. The first-order chi connectivity index (χ1) is 8.20. The van der Waals surface area contributed by atoms with Gasteiger partial charge in [-0.3, -0.25) is 0 Å². The molecule has 0 radical (unpaired) electrons. The Labute approximate surface area is 106 Å². The molecule has 1 heterocycles. The Morgan fingerprint density at radius 1 is 1.29 bits per heavy atom. The third-order valence-electron chi connectivity index (χ3n) is 2.42. The molecule has 0 fully saturated rings. The topological polar surface area (TPSA) is 35.2 Å². The number of thiophene rings is 1. The van der Waals surface area contributed by atoms with Crippen molar-refractivity contribution in [3.05, 3.63) is 40.6 Å². The maximum absolute atomic E-state index is 5.82. The van der Waals surface area contributed by atoms with Crippen LogP contribution >= 0.6 is 11.3 Å². The molecule has 0 aliphatic heterocycles. The van der Waals surface area contributed by atoms with Gasteiger partial charge in [-0.2, -0.15) is 0 Å². The summed E-state index contributed by atoms with van der Waals surface area (Å²) < 4.78 is 5.82. The summed E-state index contributed by atoms with van der Waals surface area (Å²) in [6.07, 6.45) is 0.184. The Morgan fingerprint density at radius 2 is 2.06 bits per heavy atom. The summed E-state index contributed by atoms with van der Waals surface area (Å²) in [5.41, 5.74) is 7.96. The highest BCUT2D eigenvalue weighted by Crippen LogP contribution is 2.33. The van der Waals surface area contributed by atoms with E-state index in [4.69, 9.17) is 10.5 Å². The maximum atomic E-state index is 5.82. The Hall–Kier alpha value is -1.32. The van der Waals surface area contributed by atoms with E-state index >= 15 is 0 Å². The van der Waals surface area contributed by atoms with Crippen molar-refractivity contribution in [3.8, 4) is 16.9 Å². The minimum Gasteiger partial charge on any atom is -0.490 e. The molecular weight excluding hydrogens is 230 g/mol. The van der Waals surface area contributed by atoms with Crippen molar-refractivity contribution in [3.63, 3.8) is 0 Å². The van der Waals surface area contributed by atoms with Crippen molar-refractivity contribution >= 4 is 11.3 Å². The summed E-state index contributed by atoms with van der Waals surface area (Å²) in [5, 5.41) is 2.13. The van der Waals surface area contributed by atoms with Crippen LogP contribution in [0.25, 0.3) is 11.1 Å². The van der Waals surface area contributed by atoms with E-state index in [1.54, 1.807) is 11.3 Å². The molecule has 0 spiro atoms. The van der Waals surface area contributed by atoms with E-state index in [1.807, 2.05) is 32.0 Å². The van der Waals surface area contributed by atoms with E-state index in [9.17, 15) is 0 Å². The van der Waals surface area contributed by atoms with Gasteiger partial charge >= 0.3 is 0 Å². The van der Waals surface area contributed by atoms with Gasteiger partial charge in [0.05, 0.1) is 6.10 Å². The standard InChI is InChI=1S/C14H17NOS/c1-10(2)16-14-6-4-3-5-13(14)11-7-12(8-15)17-9-11/h3-7,9-10H,8,15H2,1-2H3. The van der Waals surface area contributed by atoms with Gasteiger partial charge in [-0.15, -0.1) is 11.3 Å². The third kappa shape index (κ3) is 2.87. The molecular formula is C14H17NOS. The lowest BCUT2D eigenvalue weighted by Crippen LogP contribution is -2.06. The van der Waals surface area contributed by atoms with Crippen LogP contribution in [0, 0.1) is 0 Å². The van der Waals surface area contributed by atoms with Crippen LogP contribution in [0.4, 0.5) is 0 Å². The van der Waals surface area contributed by atoms with Gasteiger partial charge in [0.1, 0.15) is 5.75 Å². The van der Waals surface area contributed by atoms with E-state index in [-0.39, 0.29) is 6.10 Å². The molecule has 1 aromatic carbocycles. The van der Waals surface area contributed by atoms with Crippen molar-refractivity contribution in [2.24, 2.45) is 5.73 Å². The molecule has 0 bridgehead atoms. The predicted octanol–water partition coefficient (Wildman–Crippen LogP) is 3.66. The smallest absolute Gasteiger partial charge is 0.127 e. The summed E-state index contributed by atoms with van der Waals surface area (Å²) in [4.78, 5) is 1.19. The molecule has 17 heavy (non-hydrogen) atoms. The van der Waals surface area contributed by atoms with E-state index in [2.05, 4.69) is 17.5 Å². The number of hydrogen-bond donors (Lipinski definition) is 1. The van der Waals surface area contributed by atoms with Crippen LogP contribution in [-0.4, -0.2) is 6.10 Å². The SMILES string of the molecule is CC(C)Oc1ccccc1-c1csc(CN)c1. The Morgan fingerprint density at radius 3 is 2.71 bits per heavy atom. The first-order valence-electron chi connectivity index (χ1n) is 5.74. The Kier molecular flexibility index (Phi) is 3.82. The van der Waals surface area contributed by atoms with Crippen molar-refractivity contribution in [1.29, 1.82) is 0 Å². The van der Waals surface area contributed by atoms with Gasteiger partial charge in [0.15, 0.2) is 0 Å². The average Bonchev–Trinajstić information content (AvgIpc) is 2.77. The monoisotopic (exact) mass is 247 g/mol. The number of ether oxygens (including phenoxy) is 1. The van der Waals surface area contributed by atoms with E-state index in [0.29, 0.717) is 6.54 Å². The first kappa shape index (κ1) is 12.1. The molecule has 2 aromatic rings. The molecule has 0 saturated carbocycles. The van der Waals surface area contributed by atoms with Crippen LogP contribution in [0.15, 0.2) is 35.7 Å². The van der Waals surface area contributed by atoms with E-state index in [0.717, 1.165) is 11.3 Å². The molecule has 0 aliphatic carbocycles. The predicted molar refractivity (Wildman–Crippen MR) is 73.4 cm³/mol. The molecule has 3 heteroatoms. The van der Waals surface area contributed by atoms with Gasteiger partial charge in [0.25, 0.3) is 0 Å². The molecule has 0 saturated heterocycles. The molecule has 2 rings (SSSR count). The summed E-state index contributed by atoms with van der Waals surface area (Å²) in [6, 6.07) is 10.3. The zero-order valence-corrected chi connectivity index (χ0v) is 11.0. The third-order valence-corrected chi connectivity index (χ3v) is 3.37. The minimum absolute atomic E-state index is 0.184. The van der Waals surface area contributed by atoms with Gasteiger partial charge < -0.3 is 10.5 Å². The van der Waals surface area contributed by atoms with Crippen LogP contribution < -0.4 is 10.5 Å². The van der Waals surface area contributed by atoms with Crippen LogP contribution in [0.2, 0.25) is 0 Å². The average molecular weight is 247 g/mol. The van der Waals surface area contributed by atoms with Gasteiger partial charge in [0.2, 0.25) is 0 Å². The van der Waals surface area contributed by atoms with E-state index < -0.39 is 0 Å². The molecule has 2 N–H and O–H groups in total. The normalized spacial score (nSPS) is 10.8. The summed E-state index contributed by atoms with van der Waals surface area (Å²) in [6.45, 7) is 4.67. The summed E-state index contributed by atoms with van der Waals surface area (Å²) in [5.74, 6) is 0.934. The van der Waals surface area contributed by atoms with Gasteiger partial charge in [-0.1, -0.05) is 18.2 Å². The lowest BCUT2D eigenvalue weighted by molar-refractivity contribution is 0.243. The number of benzene rings is 1. The van der Waals surface area contributed by atoms with Crippen molar-refractivity contribution in [2.45, 2.75) is 26.5 Å². The highest BCUT2D eigenvalue weighted by atomic mass is 32.1. The molecule has 0 aliphatic rings. The zero-order valence-electron chi connectivity index (χ0n) is 10.1. The maximum Gasteiger partial charge on any atom is 0.127 e. The Balaban J connectivity index is 2.36.